The zero-order valence-corrected chi connectivity index (χ0v) is 23.7. The van der Waals surface area contributed by atoms with Gasteiger partial charge in [0, 0.05) is 15.6 Å². The van der Waals surface area contributed by atoms with Crippen LogP contribution in [0.25, 0.3) is 57.5 Å². The molecule has 2 aliphatic rings. The van der Waals surface area contributed by atoms with Crippen molar-refractivity contribution in [3.63, 3.8) is 0 Å². The van der Waals surface area contributed by atoms with E-state index in [0.717, 1.165) is 73.9 Å². The van der Waals surface area contributed by atoms with Gasteiger partial charge in [-0.15, -0.1) is 0 Å². The van der Waals surface area contributed by atoms with E-state index in [4.69, 9.17) is 9.97 Å². The van der Waals surface area contributed by atoms with E-state index in [1.165, 1.54) is 0 Å². The van der Waals surface area contributed by atoms with Crippen LogP contribution < -0.4 is 0 Å². The number of fused-ring (bicyclic) bond motifs is 8. The Hall–Kier alpha value is -2.26. The number of aromatic amines is 2. The highest BCUT2D eigenvalue weighted by Gasteiger charge is 2.14. The minimum atomic E-state index is 0.844. The lowest BCUT2D eigenvalue weighted by atomic mass is 10.1. The SMILES string of the molecule is Brc1cccc(-c2cc3cc4nc(c(Br)c5ccc([nH]5)c(Br)c5nc(c(Br)c2[nH]3)C=C5)C=C4)c1. The van der Waals surface area contributed by atoms with Gasteiger partial charge >= 0.3 is 0 Å². The number of aromatic nitrogens is 4. The zero-order valence-electron chi connectivity index (χ0n) is 17.3. The van der Waals surface area contributed by atoms with Crippen LogP contribution in [-0.4, -0.2) is 19.9 Å². The second-order valence-corrected chi connectivity index (χ2v) is 11.2. The minimum absolute atomic E-state index is 0.844. The zero-order chi connectivity index (χ0) is 23.4. The smallest absolute Gasteiger partial charge is 0.0801 e. The van der Waals surface area contributed by atoms with Crippen LogP contribution >= 0.6 is 63.7 Å². The summed E-state index contributed by atoms with van der Waals surface area (Å²) in [5, 5.41) is 0. The molecule has 0 amide bonds. The lowest BCUT2D eigenvalue weighted by molar-refractivity contribution is 1.29. The summed E-state index contributed by atoms with van der Waals surface area (Å²) in [4.78, 5) is 16.7. The van der Waals surface area contributed by atoms with E-state index in [-0.39, 0.29) is 0 Å². The predicted molar refractivity (Wildman–Crippen MR) is 155 cm³/mol. The van der Waals surface area contributed by atoms with E-state index in [1.54, 1.807) is 0 Å². The van der Waals surface area contributed by atoms with Gasteiger partial charge in [-0.25, -0.2) is 9.97 Å². The molecule has 0 saturated carbocycles. The first-order valence-corrected chi connectivity index (χ1v) is 13.5. The molecule has 1 aromatic carbocycles. The summed E-state index contributed by atoms with van der Waals surface area (Å²) in [6.45, 7) is 0. The maximum Gasteiger partial charge on any atom is 0.0801 e. The first-order chi connectivity index (χ1) is 16.5. The molecule has 0 radical (unpaired) electrons. The molecule has 8 heteroatoms. The highest BCUT2D eigenvalue weighted by molar-refractivity contribution is 9.11. The normalized spacial score (nSPS) is 12.5. The molecule has 2 aliphatic heterocycles. The maximum absolute atomic E-state index is 4.89. The van der Waals surface area contributed by atoms with Crippen LogP contribution in [0.4, 0.5) is 0 Å². The van der Waals surface area contributed by atoms with Crippen LogP contribution in [0.5, 0.6) is 0 Å². The average Bonchev–Trinajstić information content (AvgIpc) is 3.64. The quantitative estimate of drug-likeness (QED) is 0.180. The molecular weight excluding hydrogens is 688 g/mol. The lowest BCUT2D eigenvalue weighted by Gasteiger charge is -2.01. The molecular formula is C26H14Br4N4. The first-order valence-electron chi connectivity index (χ1n) is 10.4. The van der Waals surface area contributed by atoms with Crippen molar-refractivity contribution in [3.8, 4) is 11.1 Å². The molecule has 0 aliphatic carbocycles. The van der Waals surface area contributed by atoms with Crippen molar-refractivity contribution in [1.29, 1.82) is 0 Å². The highest BCUT2D eigenvalue weighted by atomic mass is 79.9. The van der Waals surface area contributed by atoms with Crippen LogP contribution in [0.3, 0.4) is 0 Å². The predicted octanol–water partition coefficient (Wildman–Crippen LogP) is 9.37. The van der Waals surface area contributed by atoms with E-state index < -0.39 is 0 Å². The molecule has 5 heterocycles. The number of benzene rings is 1. The third-order valence-electron chi connectivity index (χ3n) is 5.63. The molecule has 34 heavy (non-hydrogen) atoms. The lowest BCUT2D eigenvalue weighted by Crippen LogP contribution is -1.82. The van der Waals surface area contributed by atoms with E-state index >= 15 is 0 Å². The fourth-order valence-electron chi connectivity index (χ4n) is 4.01. The van der Waals surface area contributed by atoms with Gasteiger partial charge in [-0.1, -0.05) is 28.1 Å². The summed E-state index contributed by atoms with van der Waals surface area (Å²) in [7, 11) is 0. The Balaban J connectivity index is 1.76. The maximum atomic E-state index is 4.89. The van der Waals surface area contributed by atoms with Crippen LogP contribution in [0.15, 0.2) is 66.4 Å². The largest absolute Gasteiger partial charge is 0.354 e. The van der Waals surface area contributed by atoms with Crippen LogP contribution in [0.1, 0.15) is 22.8 Å². The molecule has 8 bridgehead atoms. The van der Waals surface area contributed by atoms with Gasteiger partial charge in [0.25, 0.3) is 0 Å². The Bertz CT molecular complexity index is 1710. The molecule has 166 valence electrons. The Morgan fingerprint density at radius 3 is 2.03 bits per heavy atom. The highest BCUT2D eigenvalue weighted by Crippen LogP contribution is 2.35. The molecule has 0 saturated heterocycles. The topological polar surface area (TPSA) is 57.4 Å². The number of rotatable bonds is 1. The van der Waals surface area contributed by atoms with Gasteiger partial charge in [-0.2, -0.15) is 0 Å². The number of halogens is 4. The van der Waals surface area contributed by atoms with Gasteiger partial charge in [0.2, 0.25) is 0 Å². The number of hydrogen-bond acceptors (Lipinski definition) is 2. The van der Waals surface area contributed by atoms with Gasteiger partial charge < -0.3 is 9.97 Å². The van der Waals surface area contributed by atoms with E-state index in [1.807, 2.05) is 48.6 Å². The van der Waals surface area contributed by atoms with Crippen molar-refractivity contribution in [2.45, 2.75) is 0 Å². The number of nitrogens with one attached hydrogen (secondary N) is 2. The molecule has 4 aromatic rings. The van der Waals surface area contributed by atoms with Crippen LogP contribution in [0.2, 0.25) is 0 Å². The molecule has 3 aromatic heterocycles. The molecule has 0 spiro atoms. The van der Waals surface area contributed by atoms with E-state index in [0.29, 0.717) is 0 Å². The van der Waals surface area contributed by atoms with Crippen LogP contribution in [0, 0.1) is 0 Å². The van der Waals surface area contributed by atoms with Gasteiger partial charge in [-0.3, -0.25) is 0 Å². The Labute approximate surface area is 228 Å². The third-order valence-corrected chi connectivity index (χ3v) is 8.59. The molecule has 2 N–H and O–H groups in total. The molecule has 0 unspecified atom stereocenters. The fourth-order valence-corrected chi connectivity index (χ4v) is 5.85. The summed E-state index contributed by atoms with van der Waals surface area (Å²) < 4.78 is 3.71. The van der Waals surface area contributed by atoms with Gasteiger partial charge in [-0.05, 0) is 114 Å². The van der Waals surface area contributed by atoms with Gasteiger partial charge in [0.1, 0.15) is 0 Å². The van der Waals surface area contributed by atoms with Crippen LogP contribution in [-0.2, 0) is 0 Å². The summed E-state index contributed by atoms with van der Waals surface area (Å²) in [6.07, 6.45) is 8.06. The fraction of sp³-hybridized carbons (Fsp3) is 0. The monoisotopic (exact) mass is 698 g/mol. The van der Waals surface area contributed by atoms with Crippen molar-refractivity contribution in [2.75, 3.05) is 0 Å². The Kier molecular flexibility index (Phi) is 5.72. The molecule has 0 fully saturated rings. The van der Waals surface area contributed by atoms with Crippen molar-refractivity contribution in [1.82, 2.24) is 19.9 Å². The average molecular weight is 702 g/mol. The van der Waals surface area contributed by atoms with E-state index in [9.17, 15) is 0 Å². The minimum Gasteiger partial charge on any atom is -0.354 e. The molecule has 0 atom stereocenters. The third kappa shape index (κ3) is 3.96. The first kappa shape index (κ1) is 22.2. The molecule has 6 rings (SSSR count). The summed E-state index contributed by atoms with van der Waals surface area (Å²) in [5.41, 5.74) is 9.40. The van der Waals surface area contributed by atoms with Crippen molar-refractivity contribution < 1.29 is 0 Å². The number of hydrogen-bond donors (Lipinski definition) is 2. The second kappa shape index (κ2) is 8.75. The van der Waals surface area contributed by atoms with E-state index in [2.05, 4.69) is 98.0 Å². The number of nitrogens with zero attached hydrogens (tertiary/aromatic N) is 2. The second-order valence-electron chi connectivity index (χ2n) is 7.87. The Morgan fingerprint density at radius 2 is 1.29 bits per heavy atom. The summed E-state index contributed by atoms with van der Waals surface area (Å²) in [6, 6.07) is 16.5. The summed E-state index contributed by atoms with van der Waals surface area (Å²) >= 11 is 14.9. The van der Waals surface area contributed by atoms with Crippen molar-refractivity contribution >= 4 is 110 Å². The summed E-state index contributed by atoms with van der Waals surface area (Å²) in [5.74, 6) is 0. The molecule has 4 nitrogen and oxygen atoms in total. The van der Waals surface area contributed by atoms with Crippen molar-refractivity contribution in [2.24, 2.45) is 0 Å². The van der Waals surface area contributed by atoms with Gasteiger partial charge in [0.05, 0.1) is 52.7 Å². The Morgan fingerprint density at radius 1 is 0.618 bits per heavy atom. The number of H-pyrrole nitrogens is 2. The van der Waals surface area contributed by atoms with Crippen molar-refractivity contribution in [3.05, 3.63) is 89.2 Å². The van der Waals surface area contributed by atoms with Gasteiger partial charge in [0.15, 0.2) is 0 Å². The standard InChI is InChI=1S/C26H14Br4N4/c27-14-3-1-2-13(10-14)17-12-16-11-15-4-5-18(31-15)23(28)19-6-7-20(33-19)24(29)21-8-9-22(34-21)25(30)26(17)32-16/h1-12,32-33H.